The van der Waals surface area contributed by atoms with Gasteiger partial charge in [0.15, 0.2) is 0 Å². The fourth-order valence-electron chi connectivity index (χ4n) is 3.64. The number of nitrogens with one attached hydrogen (secondary N) is 1. The Morgan fingerprint density at radius 3 is 2.39 bits per heavy atom. The lowest BCUT2D eigenvalue weighted by molar-refractivity contribution is -0.192. The summed E-state index contributed by atoms with van der Waals surface area (Å²) in [6.07, 6.45) is 0.966. The van der Waals surface area contributed by atoms with Crippen molar-refractivity contribution < 1.29 is 27.9 Å². The van der Waals surface area contributed by atoms with Gasteiger partial charge >= 0.3 is 12.1 Å². The molecule has 9 nitrogen and oxygen atoms in total. The van der Waals surface area contributed by atoms with Crippen LogP contribution in [0.25, 0.3) is 22.1 Å². The van der Waals surface area contributed by atoms with Crippen molar-refractivity contribution in [3.8, 4) is 0 Å². The Bertz CT molecular complexity index is 1560. The van der Waals surface area contributed by atoms with E-state index in [2.05, 4.69) is 37.6 Å². The fraction of sp³-hybridized carbons (Fsp3) is 0.154. The van der Waals surface area contributed by atoms with Gasteiger partial charge in [0.2, 0.25) is 5.65 Å². The molecule has 0 aliphatic carbocycles. The topological polar surface area (TPSA) is 123 Å². The Morgan fingerprint density at radius 1 is 0.974 bits per heavy atom. The number of carboxylic acid groups (broad SMARTS) is 1. The highest BCUT2D eigenvalue weighted by molar-refractivity contribution is 6.05. The lowest BCUT2D eigenvalue weighted by Crippen LogP contribution is -2.25. The number of carboxylic acids is 1. The highest BCUT2D eigenvalue weighted by Gasteiger charge is 2.38. The van der Waals surface area contributed by atoms with E-state index >= 15 is 0 Å². The van der Waals surface area contributed by atoms with E-state index in [9.17, 15) is 18.0 Å². The van der Waals surface area contributed by atoms with Crippen molar-refractivity contribution in [2.45, 2.75) is 19.1 Å². The lowest BCUT2D eigenvalue weighted by Gasteiger charge is -2.09. The van der Waals surface area contributed by atoms with Gasteiger partial charge < -0.3 is 15.0 Å². The van der Waals surface area contributed by atoms with E-state index in [4.69, 9.17) is 9.90 Å². The second kappa shape index (κ2) is 11.5. The van der Waals surface area contributed by atoms with E-state index in [1.165, 1.54) is 0 Å². The summed E-state index contributed by atoms with van der Waals surface area (Å²) in [6.45, 7) is 1.21. The van der Waals surface area contributed by atoms with Crippen molar-refractivity contribution in [1.29, 1.82) is 0 Å². The molecule has 2 aromatic carbocycles. The van der Waals surface area contributed by atoms with E-state index in [0.29, 0.717) is 24.3 Å². The highest BCUT2D eigenvalue weighted by atomic mass is 19.4. The number of halogens is 3. The quantitative estimate of drug-likeness (QED) is 0.345. The molecule has 1 amide bonds. The summed E-state index contributed by atoms with van der Waals surface area (Å²) in [7, 11) is 0. The van der Waals surface area contributed by atoms with Crippen LogP contribution in [0.4, 0.5) is 13.2 Å². The standard InChI is InChI=1S/C24H20N6O.C2HF3O2/c31-24(26-12-10-17-7-4-11-25-14-17)19-8-9-21-20(13-19)22-23(29-28-21)27-16-30(22)15-18-5-2-1-3-6-18;3-2(4,5)1(6)7/h1-9,11,13-14,16H,10,12,15H2,(H,26,31);(H,6,7). The van der Waals surface area contributed by atoms with E-state index in [1.807, 2.05) is 53.2 Å². The largest absolute Gasteiger partial charge is 0.490 e. The third kappa shape index (κ3) is 6.46. The number of carbonyl (C=O) groups excluding carboxylic acids is 1. The molecule has 5 aromatic rings. The molecule has 0 radical (unpaired) electrons. The first kappa shape index (κ1) is 26.2. The van der Waals surface area contributed by atoms with Crippen LogP contribution in [0.1, 0.15) is 21.5 Å². The van der Waals surface area contributed by atoms with Crippen LogP contribution >= 0.6 is 0 Å². The molecule has 5 rings (SSSR count). The number of alkyl halides is 3. The average molecular weight is 522 g/mol. The molecule has 0 aliphatic heterocycles. The molecule has 3 heterocycles. The maximum atomic E-state index is 12.7. The van der Waals surface area contributed by atoms with Gasteiger partial charge in [-0.15, -0.1) is 10.2 Å². The smallest absolute Gasteiger partial charge is 0.475 e. The number of rotatable bonds is 6. The zero-order valence-corrected chi connectivity index (χ0v) is 19.8. The van der Waals surface area contributed by atoms with Crippen LogP contribution in [0.15, 0.2) is 79.4 Å². The molecule has 2 N–H and O–H groups in total. The number of imidazole rings is 1. The predicted octanol–water partition coefficient (Wildman–Crippen LogP) is 4.03. The Morgan fingerprint density at radius 2 is 1.71 bits per heavy atom. The van der Waals surface area contributed by atoms with Gasteiger partial charge in [0, 0.05) is 36.4 Å². The summed E-state index contributed by atoms with van der Waals surface area (Å²) < 4.78 is 33.8. The van der Waals surface area contributed by atoms with Gasteiger partial charge in [0.1, 0.15) is 0 Å². The van der Waals surface area contributed by atoms with Crippen molar-refractivity contribution in [3.05, 3.63) is 96.1 Å². The third-order valence-electron chi connectivity index (χ3n) is 5.45. The van der Waals surface area contributed by atoms with Crippen molar-refractivity contribution in [1.82, 2.24) is 30.0 Å². The molecule has 0 fully saturated rings. The van der Waals surface area contributed by atoms with Gasteiger partial charge in [-0.3, -0.25) is 9.78 Å². The van der Waals surface area contributed by atoms with Crippen LogP contribution in [0.3, 0.4) is 0 Å². The molecule has 0 spiro atoms. The first-order valence-electron chi connectivity index (χ1n) is 11.3. The minimum atomic E-state index is -5.08. The number of pyridine rings is 1. The second-order valence-electron chi connectivity index (χ2n) is 8.13. The van der Waals surface area contributed by atoms with Crippen LogP contribution in [0, 0.1) is 0 Å². The molecular weight excluding hydrogens is 501 g/mol. The number of hydrogen-bond acceptors (Lipinski definition) is 6. The Labute approximate surface area is 214 Å². The number of hydrogen-bond donors (Lipinski definition) is 2. The Balaban J connectivity index is 0.000000426. The molecule has 0 saturated heterocycles. The summed E-state index contributed by atoms with van der Waals surface area (Å²) in [5.74, 6) is -2.88. The SMILES string of the molecule is O=C(NCCc1cccnc1)c1ccc2nnc3ncn(Cc4ccccc4)c3c2c1.O=C(O)C(F)(F)F. The third-order valence-corrected chi connectivity index (χ3v) is 5.45. The van der Waals surface area contributed by atoms with Crippen molar-refractivity contribution >= 4 is 33.9 Å². The molecule has 0 unspecified atom stereocenters. The van der Waals surface area contributed by atoms with Crippen LogP contribution in [-0.4, -0.2) is 54.4 Å². The van der Waals surface area contributed by atoms with Gasteiger partial charge in [-0.2, -0.15) is 13.2 Å². The first-order chi connectivity index (χ1) is 18.2. The minimum Gasteiger partial charge on any atom is -0.475 e. The zero-order chi connectivity index (χ0) is 27.1. The molecule has 3 aromatic heterocycles. The monoisotopic (exact) mass is 522 g/mol. The van der Waals surface area contributed by atoms with E-state index in [1.54, 1.807) is 18.6 Å². The summed E-state index contributed by atoms with van der Waals surface area (Å²) in [4.78, 5) is 30.1. The highest BCUT2D eigenvalue weighted by Crippen LogP contribution is 2.23. The maximum Gasteiger partial charge on any atom is 0.490 e. The van der Waals surface area contributed by atoms with Gasteiger partial charge in [-0.25, -0.2) is 9.78 Å². The van der Waals surface area contributed by atoms with Gasteiger partial charge in [0.25, 0.3) is 5.91 Å². The number of amides is 1. The molecule has 0 aliphatic rings. The lowest BCUT2D eigenvalue weighted by atomic mass is 10.1. The zero-order valence-electron chi connectivity index (χ0n) is 19.8. The van der Waals surface area contributed by atoms with Crippen LogP contribution in [-0.2, 0) is 17.8 Å². The summed E-state index contributed by atoms with van der Waals surface area (Å²) in [6, 6.07) is 19.5. The Kier molecular flexibility index (Phi) is 7.90. The maximum absolute atomic E-state index is 12.7. The number of nitrogens with zero attached hydrogens (tertiary/aromatic N) is 5. The minimum absolute atomic E-state index is 0.120. The summed E-state index contributed by atoms with van der Waals surface area (Å²) in [5, 5.41) is 19.5. The average Bonchev–Trinajstić information content (AvgIpc) is 3.32. The first-order valence-corrected chi connectivity index (χ1v) is 11.3. The number of aromatic nitrogens is 5. The predicted molar refractivity (Wildman–Crippen MR) is 132 cm³/mol. The molecule has 38 heavy (non-hydrogen) atoms. The molecule has 0 saturated carbocycles. The van der Waals surface area contributed by atoms with Crippen molar-refractivity contribution in [2.75, 3.05) is 6.54 Å². The number of benzene rings is 2. The summed E-state index contributed by atoms with van der Waals surface area (Å²) in [5.41, 5.74) is 5.00. The number of carbonyl (C=O) groups is 2. The van der Waals surface area contributed by atoms with Gasteiger partial charge in [-0.05, 0) is 41.8 Å². The van der Waals surface area contributed by atoms with Gasteiger partial charge in [0.05, 0.1) is 17.4 Å². The molecule has 194 valence electrons. The number of aliphatic carboxylic acids is 1. The van der Waals surface area contributed by atoms with Crippen LogP contribution < -0.4 is 5.32 Å². The fourth-order valence-corrected chi connectivity index (χ4v) is 3.64. The van der Waals surface area contributed by atoms with E-state index < -0.39 is 12.1 Å². The van der Waals surface area contributed by atoms with Crippen LogP contribution in [0.2, 0.25) is 0 Å². The normalized spacial score (nSPS) is 11.1. The summed E-state index contributed by atoms with van der Waals surface area (Å²) >= 11 is 0. The van der Waals surface area contributed by atoms with Crippen molar-refractivity contribution in [3.63, 3.8) is 0 Å². The molecular formula is C26H21F3N6O3. The van der Waals surface area contributed by atoms with Gasteiger partial charge in [-0.1, -0.05) is 36.4 Å². The molecule has 12 heteroatoms. The molecule has 0 bridgehead atoms. The number of fused-ring (bicyclic) bond motifs is 3. The van der Waals surface area contributed by atoms with E-state index in [-0.39, 0.29) is 5.91 Å². The van der Waals surface area contributed by atoms with Crippen LogP contribution in [0.5, 0.6) is 0 Å². The van der Waals surface area contributed by atoms with Crippen molar-refractivity contribution in [2.24, 2.45) is 0 Å². The second-order valence-corrected chi connectivity index (χ2v) is 8.13. The van der Waals surface area contributed by atoms with E-state index in [0.717, 1.165) is 34.0 Å². The molecule has 0 atom stereocenters. The Hall–Kier alpha value is -4.87.